The zero-order chi connectivity index (χ0) is 12.1. The number of phenols is 1. The number of rotatable bonds is 5. The molecule has 4 nitrogen and oxygen atoms in total. The molecule has 16 heavy (non-hydrogen) atoms. The van der Waals surface area contributed by atoms with Gasteiger partial charge < -0.3 is 20.3 Å². The number of nitrogens with one attached hydrogen (secondary N) is 1. The topological polar surface area (TPSA) is 61.7 Å². The first-order valence-corrected chi connectivity index (χ1v) is 5.33. The van der Waals surface area contributed by atoms with Crippen LogP contribution in [0.1, 0.15) is 25.5 Å². The number of phenolic OH excluding ortho intramolecular Hbond substituents is 1. The van der Waals surface area contributed by atoms with Crippen LogP contribution in [0.3, 0.4) is 0 Å². The van der Waals surface area contributed by atoms with Gasteiger partial charge in [0.05, 0.1) is 13.2 Å². The summed E-state index contributed by atoms with van der Waals surface area (Å²) in [5, 5.41) is 22.1. The lowest BCUT2D eigenvalue weighted by Gasteiger charge is -2.17. The van der Waals surface area contributed by atoms with Gasteiger partial charge in [0.1, 0.15) is 11.5 Å². The molecule has 1 aromatic carbocycles. The van der Waals surface area contributed by atoms with Gasteiger partial charge in [0, 0.05) is 24.2 Å². The fourth-order valence-electron chi connectivity index (χ4n) is 1.47. The highest BCUT2D eigenvalue weighted by molar-refractivity contribution is 5.41. The smallest absolute Gasteiger partial charge is 0.124 e. The maximum atomic E-state index is 9.78. The Morgan fingerprint density at radius 2 is 2.06 bits per heavy atom. The molecule has 90 valence electrons. The van der Waals surface area contributed by atoms with E-state index in [-0.39, 0.29) is 11.8 Å². The van der Waals surface area contributed by atoms with Crippen LogP contribution in [0.5, 0.6) is 11.5 Å². The van der Waals surface area contributed by atoms with E-state index in [0.717, 1.165) is 5.56 Å². The first-order valence-electron chi connectivity index (χ1n) is 5.33. The second kappa shape index (κ2) is 5.72. The van der Waals surface area contributed by atoms with E-state index in [2.05, 4.69) is 5.32 Å². The van der Waals surface area contributed by atoms with E-state index in [1.165, 1.54) is 0 Å². The Hall–Kier alpha value is -1.26. The predicted octanol–water partition coefficient (Wildman–Crippen LogP) is 1.43. The summed E-state index contributed by atoms with van der Waals surface area (Å²) in [5.41, 5.74) is 0.793. The zero-order valence-corrected chi connectivity index (χ0v) is 9.90. The normalized spacial score (nSPS) is 14.5. The third-order valence-corrected chi connectivity index (χ3v) is 2.42. The Balaban J connectivity index is 2.71. The second-order valence-corrected chi connectivity index (χ2v) is 3.90. The first-order chi connectivity index (χ1) is 7.54. The van der Waals surface area contributed by atoms with Crippen LogP contribution in [0.25, 0.3) is 0 Å². The molecule has 0 amide bonds. The van der Waals surface area contributed by atoms with E-state index in [0.29, 0.717) is 12.3 Å². The number of aliphatic hydroxyl groups excluding tert-OH is 1. The third kappa shape index (κ3) is 3.40. The molecule has 1 aromatic rings. The average Bonchev–Trinajstić information content (AvgIpc) is 2.25. The highest BCUT2D eigenvalue weighted by Gasteiger charge is 2.11. The molecular formula is C12H19NO3. The first kappa shape index (κ1) is 12.8. The number of methoxy groups -OCH3 is 1. The number of ether oxygens (including phenoxy) is 1. The summed E-state index contributed by atoms with van der Waals surface area (Å²) < 4.78 is 5.01. The Kier molecular flexibility index (Phi) is 4.58. The summed E-state index contributed by atoms with van der Waals surface area (Å²) in [6.45, 7) is 4.14. The molecule has 0 aromatic heterocycles. The van der Waals surface area contributed by atoms with Crippen molar-refractivity contribution in [3.63, 3.8) is 0 Å². The van der Waals surface area contributed by atoms with Crippen LogP contribution in [0.15, 0.2) is 18.2 Å². The molecular weight excluding hydrogens is 206 g/mol. The summed E-state index contributed by atoms with van der Waals surface area (Å²) in [7, 11) is 1.56. The average molecular weight is 225 g/mol. The third-order valence-electron chi connectivity index (χ3n) is 2.42. The van der Waals surface area contributed by atoms with Crippen LogP contribution in [-0.4, -0.2) is 30.0 Å². The minimum absolute atomic E-state index is 0.0134. The summed E-state index contributed by atoms with van der Waals surface area (Å²) in [4.78, 5) is 0. The van der Waals surface area contributed by atoms with E-state index >= 15 is 0 Å². The number of aliphatic hydroxyl groups is 1. The van der Waals surface area contributed by atoms with Crippen LogP contribution < -0.4 is 10.1 Å². The van der Waals surface area contributed by atoms with Crippen LogP contribution >= 0.6 is 0 Å². The van der Waals surface area contributed by atoms with Gasteiger partial charge >= 0.3 is 0 Å². The van der Waals surface area contributed by atoms with Gasteiger partial charge in [-0.05, 0) is 19.9 Å². The van der Waals surface area contributed by atoms with Gasteiger partial charge in [-0.1, -0.05) is 6.07 Å². The van der Waals surface area contributed by atoms with Crippen LogP contribution in [0.4, 0.5) is 0 Å². The van der Waals surface area contributed by atoms with E-state index in [1.54, 1.807) is 26.2 Å². The van der Waals surface area contributed by atoms with E-state index < -0.39 is 6.10 Å². The molecule has 3 N–H and O–H groups in total. The van der Waals surface area contributed by atoms with E-state index in [1.807, 2.05) is 13.0 Å². The van der Waals surface area contributed by atoms with Crippen LogP contribution in [-0.2, 0) is 0 Å². The summed E-state index contributed by atoms with van der Waals surface area (Å²) in [6.07, 6.45) is -0.400. The Labute approximate surface area is 95.9 Å². The number of hydrogen-bond acceptors (Lipinski definition) is 4. The molecule has 0 aliphatic carbocycles. The fraction of sp³-hybridized carbons (Fsp3) is 0.500. The van der Waals surface area contributed by atoms with Gasteiger partial charge in [-0.3, -0.25) is 0 Å². The van der Waals surface area contributed by atoms with Gasteiger partial charge in [-0.25, -0.2) is 0 Å². The lowest BCUT2D eigenvalue weighted by Crippen LogP contribution is -2.27. The predicted molar refractivity (Wildman–Crippen MR) is 62.8 cm³/mol. The molecule has 1 rings (SSSR count). The van der Waals surface area contributed by atoms with E-state index in [4.69, 9.17) is 9.84 Å². The van der Waals surface area contributed by atoms with Crippen molar-refractivity contribution in [1.82, 2.24) is 5.32 Å². The molecule has 0 saturated heterocycles. The van der Waals surface area contributed by atoms with Crippen molar-refractivity contribution in [3.8, 4) is 11.5 Å². The van der Waals surface area contributed by atoms with Gasteiger partial charge in [0.25, 0.3) is 0 Å². The number of benzene rings is 1. The molecule has 0 bridgehead atoms. The van der Waals surface area contributed by atoms with Crippen molar-refractivity contribution in [3.05, 3.63) is 23.8 Å². The SMILES string of the molecule is COc1ccc(C(C)NC[C@H](C)O)c(O)c1. The number of hydrogen-bond donors (Lipinski definition) is 3. The van der Waals surface area contributed by atoms with Crippen molar-refractivity contribution in [2.75, 3.05) is 13.7 Å². The second-order valence-electron chi connectivity index (χ2n) is 3.90. The molecule has 0 aliphatic heterocycles. The summed E-state index contributed by atoms with van der Waals surface area (Å²) >= 11 is 0. The molecule has 1 unspecified atom stereocenters. The van der Waals surface area contributed by atoms with Crippen molar-refractivity contribution in [1.29, 1.82) is 0 Å². The van der Waals surface area contributed by atoms with Gasteiger partial charge in [0.15, 0.2) is 0 Å². The highest BCUT2D eigenvalue weighted by atomic mass is 16.5. The lowest BCUT2D eigenvalue weighted by atomic mass is 10.1. The van der Waals surface area contributed by atoms with Gasteiger partial charge in [0.2, 0.25) is 0 Å². The maximum absolute atomic E-state index is 9.78. The Morgan fingerprint density at radius 3 is 2.56 bits per heavy atom. The molecule has 0 fully saturated rings. The summed E-state index contributed by atoms with van der Waals surface area (Å²) in [6, 6.07) is 5.18. The fourth-order valence-corrected chi connectivity index (χ4v) is 1.47. The lowest BCUT2D eigenvalue weighted by molar-refractivity contribution is 0.187. The van der Waals surface area contributed by atoms with Crippen molar-refractivity contribution < 1.29 is 14.9 Å². The Morgan fingerprint density at radius 1 is 1.38 bits per heavy atom. The van der Waals surface area contributed by atoms with Crippen molar-refractivity contribution in [2.24, 2.45) is 0 Å². The zero-order valence-electron chi connectivity index (χ0n) is 9.90. The maximum Gasteiger partial charge on any atom is 0.124 e. The summed E-state index contributed by atoms with van der Waals surface area (Å²) in [5.74, 6) is 0.828. The molecule has 0 spiro atoms. The molecule has 0 saturated carbocycles. The van der Waals surface area contributed by atoms with Crippen LogP contribution in [0.2, 0.25) is 0 Å². The molecule has 4 heteroatoms. The largest absolute Gasteiger partial charge is 0.507 e. The van der Waals surface area contributed by atoms with Gasteiger partial charge in [-0.15, -0.1) is 0 Å². The minimum Gasteiger partial charge on any atom is -0.507 e. The molecule has 0 aliphatic rings. The quantitative estimate of drug-likeness (QED) is 0.709. The monoisotopic (exact) mass is 225 g/mol. The Bertz CT molecular complexity index is 339. The minimum atomic E-state index is -0.400. The van der Waals surface area contributed by atoms with Crippen LogP contribution in [0, 0.1) is 0 Å². The molecule has 0 radical (unpaired) electrons. The molecule has 2 atom stereocenters. The van der Waals surface area contributed by atoms with Gasteiger partial charge in [-0.2, -0.15) is 0 Å². The molecule has 0 heterocycles. The van der Waals surface area contributed by atoms with E-state index in [9.17, 15) is 5.11 Å². The van der Waals surface area contributed by atoms with Crippen molar-refractivity contribution in [2.45, 2.75) is 26.0 Å². The van der Waals surface area contributed by atoms with Crippen molar-refractivity contribution >= 4 is 0 Å². The standard InChI is InChI=1S/C12H19NO3/c1-8(14)7-13-9(2)11-5-4-10(16-3)6-12(11)15/h4-6,8-9,13-15H,7H2,1-3H3/t8-,9?/m0/s1. The number of aromatic hydroxyl groups is 1. The highest BCUT2D eigenvalue weighted by Crippen LogP contribution is 2.28.